The Labute approximate surface area is 902 Å². The van der Waals surface area contributed by atoms with Gasteiger partial charge in [0, 0.05) is 164 Å². The molecule has 7 heterocycles. The first-order valence-electron chi connectivity index (χ1n) is 47.1. The molecule has 0 atom stereocenters. The van der Waals surface area contributed by atoms with Crippen LogP contribution in [0.4, 0.5) is 17.6 Å². The third-order valence-electron chi connectivity index (χ3n) is 27.5. The SMILES string of the molecule is CC(=O)C=C(C)O.CC1(C)c2c([c-]ccc2F)-c2ncc(-c3ccccc3)c3cccc1c23.CC1(C)c2c([c-]ccc2F)-c2nccc3cccc1c23.CC1(C)c2c([c-]ccc2F)-c2nccc3cccc1c23.CC1(C)c2c([c-]ccc2F)-c2nccc3cccc1c23.CC1(C)c2ccc[c-]c2-c2nccc3cccc1c23.COc1cc[c-]c(-c2ccccn2)c1.[Ir].[Ir].[Ir].[Ir].[c-]1ccccc1-c1nccc2ccccc12. The minimum absolute atomic E-state index is 0. The number of carbonyl (C=O) groups is 1. The van der Waals surface area contributed by atoms with Crippen LogP contribution >= 0.6 is 0 Å². The fourth-order valence-corrected chi connectivity index (χ4v) is 20.9. The van der Waals surface area contributed by atoms with Crippen LogP contribution in [0.25, 0.3) is 155 Å². The second kappa shape index (κ2) is 44.1. The summed E-state index contributed by atoms with van der Waals surface area (Å²) in [4.78, 5) is 41.5. The number of aliphatic hydroxyl groups is 1. The largest absolute Gasteiger partial charge is 0.516 e. The number of pyridine rings is 7. The number of hydrogen-bond donors (Lipinski definition) is 1. The maximum atomic E-state index is 14.7. The van der Waals surface area contributed by atoms with E-state index in [0.717, 1.165) is 161 Å². The van der Waals surface area contributed by atoms with Gasteiger partial charge in [-0.15, -0.1) is 196 Å². The average molecular weight is 2630 g/mol. The van der Waals surface area contributed by atoms with Crippen molar-refractivity contribution in [3.63, 3.8) is 0 Å². The topological polar surface area (TPSA) is 137 Å². The van der Waals surface area contributed by atoms with E-state index in [-0.39, 0.29) is 137 Å². The molecule has 0 unspecified atom stereocenters. The van der Waals surface area contributed by atoms with Gasteiger partial charge >= 0.3 is 0 Å². The first-order valence-corrected chi connectivity index (χ1v) is 47.1. The van der Waals surface area contributed by atoms with E-state index in [2.05, 4.69) is 257 Å². The third kappa shape index (κ3) is 20.0. The van der Waals surface area contributed by atoms with Crippen molar-refractivity contribution in [1.82, 2.24) is 34.9 Å². The first kappa shape index (κ1) is 106. The molecule has 0 fully saturated rings. The van der Waals surface area contributed by atoms with E-state index in [4.69, 9.17) is 14.8 Å². The molecule has 0 saturated carbocycles. The molecule has 0 bridgehead atoms. The number of methoxy groups -OCH3 is 1. The zero-order valence-electron chi connectivity index (χ0n) is 82.2. The van der Waals surface area contributed by atoms with Gasteiger partial charge < -0.3 is 44.7 Å². The number of ether oxygens (including phenoxy) is 1. The molecule has 10 nitrogen and oxygen atoms in total. The molecule has 734 valence electrons. The minimum atomic E-state index is -0.444. The predicted octanol–water partition coefficient (Wildman–Crippen LogP) is 31.2. The van der Waals surface area contributed by atoms with Crippen LogP contribution in [0.5, 0.6) is 5.75 Å². The van der Waals surface area contributed by atoms with E-state index in [9.17, 15) is 22.4 Å². The van der Waals surface area contributed by atoms with Crippen molar-refractivity contribution in [2.24, 2.45) is 0 Å². The molecular weight excluding hydrogens is 2530 g/mol. The third-order valence-corrected chi connectivity index (χ3v) is 27.5. The van der Waals surface area contributed by atoms with Crippen molar-refractivity contribution >= 4 is 70.4 Å². The molecule has 5 aliphatic carbocycles. The number of hydrogen-bond acceptors (Lipinski definition) is 10. The molecule has 18 heteroatoms. The molecule has 4 radical (unpaired) electrons. The van der Waals surface area contributed by atoms with Crippen molar-refractivity contribution in [2.45, 2.75) is 110 Å². The smallest absolute Gasteiger partial charge is 0.155 e. The number of nitrogens with zero attached hydrogens (tertiary/aromatic N) is 7. The fraction of sp³-hybridized carbons (Fsp3) is 0.141. The maximum Gasteiger partial charge on any atom is 0.155 e. The second-order valence-electron chi connectivity index (χ2n) is 38.2. The number of benzene rings is 14. The van der Waals surface area contributed by atoms with Crippen molar-refractivity contribution < 1.29 is 113 Å². The molecule has 0 amide bonds. The van der Waals surface area contributed by atoms with Gasteiger partial charge in [-0.1, -0.05) is 249 Å². The van der Waals surface area contributed by atoms with Crippen LogP contribution in [-0.4, -0.2) is 52.9 Å². The van der Waals surface area contributed by atoms with Crippen molar-refractivity contribution in [2.75, 3.05) is 7.11 Å². The van der Waals surface area contributed by atoms with Gasteiger partial charge in [-0.2, -0.15) is 0 Å². The zero-order chi connectivity index (χ0) is 99.1. The number of carbonyl (C=O) groups excluding carboxylic acids is 1. The molecule has 0 spiro atoms. The van der Waals surface area contributed by atoms with E-state index in [1.54, 1.807) is 56.2 Å². The van der Waals surface area contributed by atoms with Gasteiger partial charge in [-0.3, -0.25) is 4.79 Å². The van der Waals surface area contributed by atoms with Crippen LogP contribution in [0.3, 0.4) is 0 Å². The van der Waals surface area contributed by atoms with Crippen molar-refractivity contribution in [3.05, 3.63) is 480 Å². The summed E-state index contributed by atoms with van der Waals surface area (Å²) >= 11 is 0. The summed E-state index contributed by atoms with van der Waals surface area (Å²) in [7, 11) is 1.65. The summed E-state index contributed by atoms with van der Waals surface area (Å²) in [6.45, 7) is 23.9. The van der Waals surface area contributed by atoms with Gasteiger partial charge in [0.05, 0.1) is 12.9 Å². The summed E-state index contributed by atoms with van der Waals surface area (Å²) in [6.07, 6.45) is 13.9. The summed E-state index contributed by atoms with van der Waals surface area (Å²) in [5.41, 5.74) is 23.2. The summed E-state index contributed by atoms with van der Waals surface area (Å²) in [5, 5.41) is 22.3. The Bertz CT molecular complexity index is 8140. The van der Waals surface area contributed by atoms with E-state index in [1.807, 2.05) is 158 Å². The molecule has 21 aromatic rings. The molecule has 0 aliphatic heterocycles. The van der Waals surface area contributed by atoms with E-state index < -0.39 is 5.41 Å². The van der Waals surface area contributed by atoms with Crippen molar-refractivity contribution in [3.8, 4) is 95.7 Å². The van der Waals surface area contributed by atoms with E-state index in [0.29, 0.717) is 22.3 Å². The molecule has 26 rings (SSSR count). The predicted molar refractivity (Wildman–Crippen MR) is 564 cm³/mol. The van der Waals surface area contributed by atoms with E-state index in [1.165, 1.54) is 76.9 Å². The minimum Gasteiger partial charge on any atom is -0.516 e. The molecule has 7 aromatic heterocycles. The number of ketones is 1. The monoisotopic (exact) mass is 2630 g/mol. The fourth-order valence-electron chi connectivity index (χ4n) is 20.9. The Morgan fingerprint density at radius 3 is 1.09 bits per heavy atom. The second-order valence-corrected chi connectivity index (χ2v) is 38.2. The van der Waals surface area contributed by atoms with Crippen LogP contribution in [0.15, 0.2) is 359 Å². The number of halogens is 4. The van der Waals surface area contributed by atoms with Gasteiger partial charge in [-0.05, 0) is 215 Å². The van der Waals surface area contributed by atoms with Crippen LogP contribution in [0.1, 0.15) is 139 Å². The summed E-state index contributed by atoms with van der Waals surface area (Å²) < 4.78 is 63.1. The van der Waals surface area contributed by atoms with Crippen LogP contribution in [-0.2, 0) is 112 Å². The van der Waals surface area contributed by atoms with Gasteiger partial charge in [0.1, 0.15) is 0 Å². The molecule has 5 aliphatic rings. The van der Waals surface area contributed by atoms with Crippen molar-refractivity contribution in [1.29, 1.82) is 0 Å². The van der Waals surface area contributed by atoms with Crippen LogP contribution in [0.2, 0.25) is 0 Å². The van der Waals surface area contributed by atoms with Crippen LogP contribution in [0, 0.1) is 65.7 Å². The quantitative estimate of drug-likeness (QED) is 0.0767. The number of allylic oxidation sites excluding steroid dienone is 2. The normalized spacial score (nSPS) is 13.4. The Hall–Kier alpha value is -14.0. The maximum absolute atomic E-state index is 14.7. The average Bonchev–Trinajstić information content (AvgIpc) is 0.684. The molecule has 14 aromatic carbocycles. The Balaban J connectivity index is 0.000000127. The van der Waals surface area contributed by atoms with Gasteiger partial charge in [0.2, 0.25) is 0 Å². The zero-order valence-corrected chi connectivity index (χ0v) is 91.8. The Kier molecular flexibility index (Phi) is 32.1. The van der Waals surface area contributed by atoms with Gasteiger partial charge in [-0.25, -0.2) is 17.6 Å². The Morgan fingerprint density at radius 2 is 0.664 bits per heavy atom. The van der Waals surface area contributed by atoms with E-state index >= 15 is 0 Å². The molecule has 0 saturated heterocycles. The summed E-state index contributed by atoms with van der Waals surface area (Å²) in [5.74, 6) is 0.0170. The number of rotatable bonds is 5. The number of aliphatic hydroxyl groups excluding tert-OH is 1. The molecule has 146 heavy (non-hydrogen) atoms. The number of fused-ring (bicyclic) bond motifs is 11. The van der Waals surface area contributed by atoms with Gasteiger partial charge in [0.25, 0.3) is 0 Å². The standard InChI is InChI=1S/C24H17FN.3C18H13FN.C18H14N.C15H10N.C12H10NO.C5H8O2.4Ir/c1-24(2)19-12-6-10-16-18(15-8-4-3-5-9-15)14-26-23(21(16)19)17-11-7-13-20(25)22(17)24;3*1-18(2)13-7-3-5-11-9-10-20-17(15(11)13)12-6-4-8-14(19)16(12)18;1-18(2)14-8-4-3-7-13(14)17-16-12(10-11-19-17)6-5-9-15(16)18;1-2-7-13(8-3-1)15-14-9-5-4-6-12(14)10-11-16-15;1-14-11-6-4-5-10(9-11)12-7-2-3-8-13-12;1-4(6)3-5(2)7;;;;/h3-10,12-14H,1-2H3;3*3-5,7-10H,1-2H3;3-6,8-11H,1-2H3;1-7,9-11H;2-4,6-9H,1H3;3,6H,1-2H3;;;;/q7*-1;;;;;. The number of aromatic nitrogens is 7. The van der Waals surface area contributed by atoms with Gasteiger partial charge in [0.15, 0.2) is 5.78 Å². The first-order chi connectivity index (χ1) is 68.6. The molecule has 1 N–H and O–H groups in total. The summed E-state index contributed by atoms with van der Waals surface area (Å²) in [6, 6.07) is 121. The molecular formula is C128H98F4Ir4N7O3-7. The Morgan fingerprint density at radius 1 is 0.308 bits per heavy atom. The van der Waals surface area contributed by atoms with Crippen LogP contribution < -0.4 is 4.74 Å².